The van der Waals surface area contributed by atoms with Crippen molar-refractivity contribution in [1.29, 1.82) is 0 Å². The third-order valence-electron chi connectivity index (χ3n) is 4.19. The van der Waals surface area contributed by atoms with Crippen molar-refractivity contribution < 1.29 is 0 Å². The minimum Gasteiger partial charge on any atom is -0.0845 e. The van der Waals surface area contributed by atoms with E-state index in [0.29, 0.717) is 0 Å². The van der Waals surface area contributed by atoms with Crippen molar-refractivity contribution >= 4 is 0 Å². The predicted octanol–water partition coefficient (Wildman–Crippen LogP) is 8.02. The molecular formula is C24H36. The zero-order valence-corrected chi connectivity index (χ0v) is 15.4. The Hall–Kier alpha value is -1.56. The molecule has 132 valence electrons. The molecule has 0 atom stereocenters. The molecule has 0 fully saturated rings. The molecule has 0 aromatic heterocycles. The van der Waals surface area contributed by atoms with E-state index in [9.17, 15) is 0 Å². The lowest BCUT2D eigenvalue weighted by molar-refractivity contribution is 0.652. The van der Waals surface area contributed by atoms with E-state index in [1.165, 1.54) is 77.0 Å². The van der Waals surface area contributed by atoms with Crippen LogP contribution in [0, 0.1) is 0 Å². The minimum atomic E-state index is 1.24. The Bertz CT molecular complexity index is 347. The van der Waals surface area contributed by atoms with Gasteiger partial charge in [0.2, 0.25) is 0 Å². The summed E-state index contributed by atoms with van der Waals surface area (Å²) < 4.78 is 0. The minimum absolute atomic E-state index is 1.24. The first-order valence-corrected chi connectivity index (χ1v) is 9.97. The van der Waals surface area contributed by atoms with Gasteiger partial charge in [0.05, 0.1) is 0 Å². The number of hydrogen-bond acceptors (Lipinski definition) is 0. The number of hydrogen-bond donors (Lipinski definition) is 0. The highest BCUT2D eigenvalue weighted by Crippen LogP contribution is 2.08. The Morgan fingerprint density at radius 1 is 0.250 bits per heavy atom. The Morgan fingerprint density at radius 2 is 0.500 bits per heavy atom. The number of rotatable bonds is 0. The van der Waals surface area contributed by atoms with Crippen LogP contribution in [0.15, 0.2) is 72.9 Å². The van der Waals surface area contributed by atoms with Crippen molar-refractivity contribution in [3.63, 3.8) is 0 Å². The highest BCUT2D eigenvalue weighted by molar-refractivity contribution is 5.11. The van der Waals surface area contributed by atoms with E-state index in [1.54, 1.807) is 0 Å². The molecule has 0 nitrogen and oxygen atoms in total. The zero-order valence-electron chi connectivity index (χ0n) is 15.4. The molecule has 0 amide bonds. The van der Waals surface area contributed by atoms with E-state index < -0.39 is 0 Å². The summed E-state index contributed by atoms with van der Waals surface area (Å²) in [5, 5.41) is 0. The maximum absolute atomic E-state index is 2.26. The third kappa shape index (κ3) is 15.3. The Kier molecular flexibility index (Phi) is 15.2. The summed E-state index contributed by atoms with van der Waals surface area (Å²) in [6, 6.07) is 0. The van der Waals surface area contributed by atoms with E-state index in [0.717, 1.165) is 0 Å². The Balaban J connectivity index is 0.000000240. The van der Waals surface area contributed by atoms with Gasteiger partial charge in [0.25, 0.3) is 0 Å². The molecule has 0 aromatic carbocycles. The second-order valence-electron chi connectivity index (χ2n) is 6.47. The standard InChI is InChI=1S/2C12H18/c2*1-2-4-6-8-10-12-11-9-7-5-3-1/h2*1-6H,7-12H2. The molecule has 0 radical (unpaired) electrons. The van der Waals surface area contributed by atoms with Gasteiger partial charge in [0.1, 0.15) is 0 Å². The number of allylic oxidation sites excluding steroid dienone is 12. The van der Waals surface area contributed by atoms with Crippen LogP contribution < -0.4 is 0 Å². The fraction of sp³-hybridized carbons (Fsp3) is 0.500. The normalized spacial score (nSPS) is 20.0. The van der Waals surface area contributed by atoms with Gasteiger partial charge in [-0.1, -0.05) is 98.6 Å². The lowest BCUT2D eigenvalue weighted by Gasteiger charge is -1.96. The summed E-state index contributed by atoms with van der Waals surface area (Å²) in [6.45, 7) is 0. The van der Waals surface area contributed by atoms with Gasteiger partial charge >= 0.3 is 0 Å². The topological polar surface area (TPSA) is 0 Å². The molecule has 0 saturated heterocycles. The molecule has 0 N–H and O–H groups in total. The maximum atomic E-state index is 2.26. The summed E-state index contributed by atoms with van der Waals surface area (Å²) in [4.78, 5) is 0. The lowest BCUT2D eigenvalue weighted by Crippen LogP contribution is -1.77. The van der Waals surface area contributed by atoms with E-state index in [1.807, 2.05) is 0 Å². The van der Waals surface area contributed by atoms with Crippen molar-refractivity contribution in [2.75, 3.05) is 0 Å². The SMILES string of the molecule is C1=CC=CCCCCCCC=C1.C1=CC=CCCCCCCC=C1. The van der Waals surface area contributed by atoms with Crippen LogP contribution in [0.4, 0.5) is 0 Å². The molecule has 2 aliphatic carbocycles. The first-order valence-electron chi connectivity index (χ1n) is 9.97. The van der Waals surface area contributed by atoms with Crippen LogP contribution >= 0.6 is 0 Å². The zero-order chi connectivity index (χ0) is 17.0. The Morgan fingerprint density at radius 3 is 0.750 bits per heavy atom. The highest BCUT2D eigenvalue weighted by atomic mass is 13.9. The van der Waals surface area contributed by atoms with Crippen LogP contribution in [0.2, 0.25) is 0 Å². The van der Waals surface area contributed by atoms with E-state index in [4.69, 9.17) is 0 Å². The monoisotopic (exact) mass is 324 g/mol. The molecule has 0 aromatic rings. The molecule has 0 bridgehead atoms. The van der Waals surface area contributed by atoms with Gasteiger partial charge in [-0.25, -0.2) is 0 Å². The third-order valence-corrected chi connectivity index (χ3v) is 4.19. The van der Waals surface area contributed by atoms with Crippen molar-refractivity contribution in [2.45, 2.75) is 77.0 Å². The highest BCUT2D eigenvalue weighted by Gasteiger charge is 1.88. The van der Waals surface area contributed by atoms with Crippen molar-refractivity contribution in [1.82, 2.24) is 0 Å². The van der Waals surface area contributed by atoms with Crippen LogP contribution in [0.5, 0.6) is 0 Å². The lowest BCUT2D eigenvalue weighted by atomic mass is 10.1. The second kappa shape index (κ2) is 17.8. The summed E-state index contributed by atoms with van der Waals surface area (Å²) in [7, 11) is 0. The fourth-order valence-corrected chi connectivity index (χ4v) is 2.71. The average molecular weight is 325 g/mol. The van der Waals surface area contributed by atoms with Crippen LogP contribution in [0.1, 0.15) is 77.0 Å². The van der Waals surface area contributed by atoms with Crippen molar-refractivity contribution in [3.05, 3.63) is 72.9 Å². The predicted molar refractivity (Wildman–Crippen MR) is 110 cm³/mol. The average Bonchev–Trinajstić information content (AvgIpc) is 2.56. The molecule has 2 rings (SSSR count). The smallest absolute Gasteiger partial charge is 0.0348 e. The quantitative estimate of drug-likeness (QED) is 0.423. The van der Waals surface area contributed by atoms with Gasteiger partial charge in [-0.2, -0.15) is 0 Å². The maximum Gasteiger partial charge on any atom is -0.0348 e. The first-order chi connectivity index (χ1) is 12.0. The van der Waals surface area contributed by atoms with E-state index in [-0.39, 0.29) is 0 Å². The molecule has 0 heterocycles. The molecule has 0 saturated carbocycles. The van der Waals surface area contributed by atoms with E-state index in [2.05, 4.69) is 72.9 Å². The molecule has 0 aliphatic heterocycles. The van der Waals surface area contributed by atoms with Crippen LogP contribution in [-0.4, -0.2) is 0 Å². The summed E-state index contributed by atoms with van der Waals surface area (Å²) >= 11 is 0. The molecule has 2 aliphatic rings. The summed E-state index contributed by atoms with van der Waals surface area (Å²) in [5.74, 6) is 0. The van der Waals surface area contributed by atoms with Crippen LogP contribution in [-0.2, 0) is 0 Å². The fourth-order valence-electron chi connectivity index (χ4n) is 2.71. The summed E-state index contributed by atoms with van der Waals surface area (Å²) in [6.07, 6.45) is 42.0. The Labute approximate surface area is 150 Å². The van der Waals surface area contributed by atoms with Crippen molar-refractivity contribution in [3.8, 4) is 0 Å². The molecular weight excluding hydrogens is 288 g/mol. The van der Waals surface area contributed by atoms with Crippen LogP contribution in [0.25, 0.3) is 0 Å². The molecule has 0 heteroatoms. The molecule has 0 spiro atoms. The van der Waals surface area contributed by atoms with Gasteiger partial charge in [-0.15, -0.1) is 0 Å². The van der Waals surface area contributed by atoms with Gasteiger partial charge in [0.15, 0.2) is 0 Å². The molecule has 24 heavy (non-hydrogen) atoms. The van der Waals surface area contributed by atoms with E-state index >= 15 is 0 Å². The first kappa shape index (κ1) is 20.5. The van der Waals surface area contributed by atoms with Gasteiger partial charge < -0.3 is 0 Å². The van der Waals surface area contributed by atoms with Gasteiger partial charge in [-0.05, 0) is 51.4 Å². The summed E-state index contributed by atoms with van der Waals surface area (Å²) in [5.41, 5.74) is 0. The van der Waals surface area contributed by atoms with Gasteiger partial charge in [0, 0.05) is 0 Å². The van der Waals surface area contributed by atoms with Gasteiger partial charge in [-0.3, -0.25) is 0 Å². The van der Waals surface area contributed by atoms with Crippen molar-refractivity contribution in [2.24, 2.45) is 0 Å². The second-order valence-corrected chi connectivity index (χ2v) is 6.47. The molecule has 0 unspecified atom stereocenters. The largest absolute Gasteiger partial charge is 0.0845 e. The van der Waals surface area contributed by atoms with Crippen LogP contribution in [0.3, 0.4) is 0 Å².